The lowest BCUT2D eigenvalue weighted by molar-refractivity contribution is 0.197. The molecule has 6 heteroatoms. The Balaban J connectivity index is 0.00000576. The summed E-state index contributed by atoms with van der Waals surface area (Å²) in [6.07, 6.45) is 1.07. The number of benzene rings is 1. The van der Waals surface area contributed by atoms with Crippen molar-refractivity contribution in [1.29, 1.82) is 0 Å². The summed E-state index contributed by atoms with van der Waals surface area (Å²) in [7, 11) is 6.02. The van der Waals surface area contributed by atoms with E-state index in [-0.39, 0.29) is 29.5 Å². The minimum absolute atomic E-state index is 0. The average molecular weight is 461 g/mol. The fraction of sp³-hybridized carbons (Fsp3) is 0.632. The summed E-state index contributed by atoms with van der Waals surface area (Å²) >= 11 is 0. The molecule has 0 saturated heterocycles. The van der Waals surface area contributed by atoms with E-state index in [0.29, 0.717) is 0 Å². The molecule has 0 unspecified atom stereocenters. The van der Waals surface area contributed by atoms with Crippen molar-refractivity contribution < 1.29 is 0 Å². The highest BCUT2D eigenvalue weighted by molar-refractivity contribution is 14.0. The molecule has 2 N–H and O–H groups in total. The average Bonchev–Trinajstić information content (AvgIpc) is 2.58. The third kappa shape index (κ3) is 8.76. The lowest BCUT2D eigenvalue weighted by atomic mass is 10.0. The van der Waals surface area contributed by atoms with Gasteiger partial charge in [-0.05, 0) is 53.4 Å². The largest absolute Gasteiger partial charge is 0.372 e. The molecule has 144 valence electrons. The summed E-state index contributed by atoms with van der Waals surface area (Å²) in [5, 5.41) is 6.81. The minimum Gasteiger partial charge on any atom is -0.372 e. The topological polar surface area (TPSA) is 42.9 Å². The van der Waals surface area contributed by atoms with Crippen molar-refractivity contribution in [2.75, 3.05) is 52.2 Å². The molecule has 0 amide bonds. The van der Waals surface area contributed by atoms with Crippen LogP contribution in [-0.4, -0.2) is 63.7 Å². The lowest BCUT2D eigenvalue weighted by Crippen LogP contribution is -2.51. The highest BCUT2D eigenvalue weighted by Gasteiger charge is 2.20. The highest BCUT2D eigenvalue weighted by Crippen LogP contribution is 2.12. The van der Waals surface area contributed by atoms with Crippen molar-refractivity contribution in [1.82, 2.24) is 15.5 Å². The van der Waals surface area contributed by atoms with E-state index in [2.05, 4.69) is 90.6 Å². The molecular formula is C19H36IN5. The molecule has 0 spiro atoms. The summed E-state index contributed by atoms with van der Waals surface area (Å²) in [4.78, 5) is 8.92. The van der Waals surface area contributed by atoms with Crippen molar-refractivity contribution in [3.05, 3.63) is 30.3 Å². The Hall–Kier alpha value is -1.02. The number of nitrogens with zero attached hydrogens (tertiary/aromatic N) is 3. The van der Waals surface area contributed by atoms with Crippen LogP contribution in [-0.2, 0) is 0 Å². The van der Waals surface area contributed by atoms with Crippen LogP contribution in [0, 0.1) is 0 Å². The molecule has 0 aliphatic carbocycles. The number of guanidine groups is 1. The van der Waals surface area contributed by atoms with Crippen LogP contribution in [0.5, 0.6) is 0 Å². The number of aliphatic imine (C=N–C) groups is 1. The van der Waals surface area contributed by atoms with Crippen LogP contribution in [0.3, 0.4) is 0 Å². The van der Waals surface area contributed by atoms with Crippen molar-refractivity contribution in [2.45, 2.75) is 32.7 Å². The van der Waals surface area contributed by atoms with Crippen LogP contribution in [0.2, 0.25) is 0 Å². The SMILES string of the molecule is CCN(CCCNC(=NC)NCC(C)(C)N(C)C)c1ccccc1.I. The Kier molecular flexibility index (Phi) is 11.8. The standard InChI is InChI=1S/C19H35N5.HI/c1-7-24(17-12-9-8-10-13-17)15-11-14-21-18(20-4)22-16-19(2,3)23(5)6;/h8-10,12-13H,7,11,14-16H2,1-6H3,(H2,20,21,22);1H. The molecule has 0 radical (unpaired) electrons. The molecule has 25 heavy (non-hydrogen) atoms. The summed E-state index contributed by atoms with van der Waals surface area (Å²) in [6.45, 7) is 10.4. The normalized spacial score (nSPS) is 11.9. The Labute approximate surface area is 171 Å². The molecule has 1 aromatic rings. The number of rotatable bonds is 9. The highest BCUT2D eigenvalue weighted by atomic mass is 127. The van der Waals surface area contributed by atoms with Gasteiger partial charge in [0.1, 0.15) is 0 Å². The van der Waals surface area contributed by atoms with Gasteiger partial charge < -0.3 is 20.4 Å². The van der Waals surface area contributed by atoms with Crippen molar-refractivity contribution in [3.8, 4) is 0 Å². The van der Waals surface area contributed by atoms with E-state index in [9.17, 15) is 0 Å². The molecule has 0 atom stereocenters. The molecule has 0 fully saturated rings. The molecule has 1 rings (SSSR count). The lowest BCUT2D eigenvalue weighted by Gasteiger charge is -2.33. The fourth-order valence-corrected chi connectivity index (χ4v) is 2.26. The zero-order valence-corrected chi connectivity index (χ0v) is 19.0. The van der Waals surface area contributed by atoms with Crippen LogP contribution in [0.1, 0.15) is 27.2 Å². The maximum atomic E-state index is 4.31. The van der Waals surface area contributed by atoms with E-state index in [1.54, 1.807) is 0 Å². The number of hydrogen-bond donors (Lipinski definition) is 2. The van der Waals surface area contributed by atoms with Gasteiger partial charge in [-0.15, -0.1) is 24.0 Å². The van der Waals surface area contributed by atoms with E-state index in [1.165, 1.54) is 5.69 Å². The first-order valence-electron chi connectivity index (χ1n) is 8.82. The summed E-state index contributed by atoms with van der Waals surface area (Å²) < 4.78 is 0. The molecule has 5 nitrogen and oxygen atoms in total. The first-order valence-corrected chi connectivity index (χ1v) is 8.82. The molecular weight excluding hydrogens is 425 g/mol. The van der Waals surface area contributed by atoms with Gasteiger partial charge in [0.05, 0.1) is 0 Å². The smallest absolute Gasteiger partial charge is 0.191 e. The van der Waals surface area contributed by atoms with Gasteiger partial charge in [0, 0.05) is 44.5 Å². The van der Waals surface area contributed by atoms with Crippen molar-refractivity contribution in [3.63, 3.8) is 0 Å². The first kappa shape index (κ1) is 24.0. The van der Waals surface area contributed by atoms with Crippen LogP contribution >= 0.6 is 24.0 Å². The Morgan fingerprint density at radius 3 is 2.28 bits per heavy atom. The van der Waals surface area contributed by atoms with Gasteiger partial charge in [-0.1, -0.05) is 18.2 Å². The van der Waals surface area contributed by atoms with E-state index >= 15 is 0 Å². The van der Waals surface area contributed by atoms with E-state index in [1.807, 2.05) is 7.05 Å². The number of halogens is 1. The second kappa shape index (κ2) is 12.4. The van der Waals surface area contributed by atoms with Gasteiger partial charge in [-0.25, -0.2) is 0 Å². The zero-order valence-electron chi connectivity index (χ0n) is 16.7. The van der Waals surface area contributed by atoms with Crippen LogP contribution in [0.25, 0.3) is 0 Å². The Morgan fingerprint density at radius 2 is 1.76 bits per heavy atom. The maximum absolute atomic E-state index is 4.31. The van der Waals surface area contributed by atoms with Gasteiger partial charge in [0.2, 0.25) is 0 Å². The predicted molar refractivity (Wildman–Crippen MR) is 121 cm³/mol. The number of likely N-dealkylation sites (N-methyl/N-ethyl adjacent to an activating group) is 1. The zero-order chi connectivity index (χ0) is 18.0. The Morgan fingerprint density at radius 1 is 1.12 bits per heavy atom. The van der Waals surface area contributed by atoms with Gasteiger partial charge in [-0.2, -0.15) is 0 Å². The molecule has 1 aromatic carbocycles. The second-order valence-corrected chi connectivity index (χ2v) is 6.83. The molecule has 0 aromatic heterocycles. The third-order valence-corrected chi connectivity index (χ3v) is 4.52. The number of hydrogen-bond acceptors (Lipinski definition) is 3. The van der Waals surface area contributed by atoms with E-state index < -0.39 is 0 Å². The summed E-state index contributed by atoms with van der Waals surface area (Å²) in [6, 6.07) is 10.6. The van der Waals surface area contributed by atoms with Crippen molar-refractivity contribution in [2.24, 2.45) is 4.99 Å². The van der Waals surface area contributed by atoms with Crippen LogP contribution < -0.4 is 15.5 Å². The number of anilines is 1. The van der Waals surface area contributed by atoms with Crippen LogP contribution in [0.4, 0.5) is 5.69 Å². The van der Waals surface area contributed by atoms with Gasteiger partial charge in [0.25, 0.3) is 0 Å². The van der Waals surface area contributed by atoms with E-state index in [4.69, 9.17) is 0 Å². The first-order chi connectivity index (χ1) is 11.4. The quantitative estimate of drug-likeness (QED) is 0.257. The number of nitrogens with one attached hydrogen (secondary N) is 2. The maximum Gasteiger partial charge on any atom is 0.191 e. The van der Waals surface area contributed by atoms with Gasteiger partial charge in [0.15, 0.2) is 5.96 Å². The third-order valence-electron chi connectivity index (χ3n) is 4.52. The van der Waals surface area contributed by atoms with E-state index in [0.717, 1.165) is 38.6 Å². The Bertz CT molecular complexity index is 488. The molecule has 0 heterocycles. The van der Waals surface area contributed by atoms with Crippen LogP contribution in [0.15, 0.2) is 35.3 Å². The number of para-hydroxylation sites is 1. The molecule has 0 bridgehead atoms. The fourth-order valence-electron chi connectivity index (χ4n) is 2.26. The van der Waals surface area contributed by atoms with Gasteiger partial charge in [-0.3, -0.25) is 4.99 Å². The second-order valence-electron chi connectivity index (χ2n) is 6.83. The van der Waals surface area contributed by atoms with Gasteiger partial charge >= 0.3 is 0 Å². The summed E-state index contributed by atoms with van der Waals surface area (Å²) in [5.74, 6) is 0.868. The molecule has 0 saturated carbocycles. The monoisotopic (exact) mass is 461 g/mol. The summed E-state index contributed by atoms with van der Waals surface area (Å²) in [5.41, 5.74) is 1.37. The molecule has 0 aliphatic heterocycles. The predicted octanol–water partition coefficient (Wildman–Crippen LogP) is 3.03. The molecule has 0 aliphatic rings. The van der Waals surface area contributed by atoms with Crippen molar-refractivity contribution >= 4 is 35.6 Å². The minimum atomic E-state index is 0.